The molecule has 2 aromatic heterocycles. The van der Waals surface area contributed by atoms with E-state index in [9.17, 15) is 18.0 Å². The molecule has 4 aromatic rings. The van der Waals surface area contributed by atoms with Gasteiger partial charge in [0.2, 0.25) is 5.95 Å². The minimum atomic E-state index is -4.48. The third kappa shape index (κ3) is 3.82. The van der Waals surface area contributed by atoms with E-state index in [-0.39, 0.29) is 22.7 Å². The lowest BCUT2D eigenvalue weighted by atomic mass is 10.0. The molecule has 0 fully saturated rings. The highest BCUT2D eigenvalue weighted by atomic mass is 19.4. The van der Waals surface area contributed by atoms with Crippen molar-refractivity contribution in [3.05, 3.63) is 76.7 Å². The number of halogens is 3. The number of nitrogens with one attached hydrogen (secondary N) is 2. The molecule has 6 nitrogen and oxygen atoms in total. The molecule has 0 unspecified atom stereocenters. The Hall–Kier alpha value is -3.88. The molecule has 0 aliphatic carbocycles. The molecule has 0 spiro atoms. The van der Waals surface area contributed by atoms with Crippen LogP contribution in [0.3, 0.4) is 0 Å². The molecule has 0 bridgehead atoms. The highest BCUT2D eigenvalue weighted by Crippen LogP contribution is 2.31. The van der Waals surface area contributed by atoms with Gasteiger partial charge in [-0.2, -0.15) is 18.2 Å². The van der Waals surface area contributed by atoms with Gasteiger partial charge in [0.15, 0.2) is 5.65 Å². The second kappa shape index (κ2) is 7.51. The first kappa shape index (κ1) is 19.4. The van der Waals surface area contributed by atoms with E-state index in [0.717, 1.165) is 17.7 Å². The van der Waals surface area contributed by atoms with Gasteiger partial charge < -0.3 is 10.1 Å². The molecule has 4 rings (SSSR count). The summed E-state index contributed by atoms with van der Waals surface area (Å²) in [5.41, 5.74) is 0.431. The SMILES string of the molecule is COc1ccc(-c2ccnc3nc(Nc4cccc(C(F)(F)F)c4)[nH]c(=O)c23)cc1. The van der Waals surface area contributed by atoms with Crippen LogP contribution in [0.25, 0.3) is 22.2 Å². The fourth-order valence-corrected chi connectivity index (χ4v) is 3.04. The number of alkyl halides is 3. The number of aromatic amines is 1. The Balaban J connectivity index is 1.74. The van der Waals surface area contributed by atoms with Crippen LogP contribution in [0.4, 0.5) is 24.8 Å². The average molecular weight is 412 g/mol. The van der Waals surface area contributed by atoms with Crippen LogP contribution >= 0.6 is 0 Å². The number of hydrogen-bond acceptors (Lipinski definition) is 5. The number of hydrogen-bond donors (Lipinski definition) is 2. The standard InChI is InChI=1S/C21H15F3N4O2/c1-30-15-7-5-12(6-8-15)16-9-10-25-18-17(16)19(29)28-20(27-18)26-14-4-2-3-13(11-14)21(22,23)24/h2-11H,1H3,(H2,25,26,27,28,29). The van der Waals surface area contributed by atoms with Crippen molar-refractivity contribution in [2.75, 3.05) is 12.4 Å². The van der Waals surface area contributed by atoms with Crippen LogP contribution in [-0.2, 0) is 6.18 Å². The number of H-pyrrole nitrogens is 1. The van der Waals surface area contributed by atoms with Gasteiger partial charge in [-0.15, -0.1) is 0 Å². The summed E-state index contributed by atoms with van der Waals surface area (Å²) in [4.78, 5) is 23.7. The number of benzene rings is 2. The van der Waals surface area contributed by atoms with Crippen LogP contribution in [0.1, 0.15) is 5.56 Å². The smallest absolute Gasteiger partial charge is 0.416 e. The summed E-state index contributed by atoms with van der Waals surface area (Å²) in [5, 5.41) is 2.98. The van der Waals surface area contributed by atoms with Gasteiger partial charge in [0, 0.05) is 11.9 Å². The Bertz CT molecular complexity index is 1270. The molecule has 0 aliphatic rings. The number of pyridine rings is 1. The van der Waals surface area contributed by atoms with Crippen molar-refractivity contribution in [2.45, 2.75) is 6.18 Å². The van der Waals surface area contributed by atoms with E-state index in [1.807, 2.05) is 12.1 Å². The van der Waals surface area contributed by atoms with Gasteiger partial charge in [0.25, 0.3) is 5.56 Å². The van der Waals surface area contributed by atoms with Crippen LogP contribution in [0.15, 0.2) is 65.6 Å². The number of aromatic nitrogens is 3. The van der Waals surface area contributed by atoms with E-state index in [4.69, 9.17) is 4.74 Å². The van der Waals surface area contributed by atoms with E-state index in [1.54, 1.807) is 25.3 Å². The average Bonchev–Trinajstić information content (AvgIpc) is 2.73. The minimum absolute atomic E-state index is 0.00814. The number of rotatable bonds is 4. The molecule has 30 heavy (non-hydrogen) atoms. The van der Waals surface area contributed by atoms with E-state index in [1.165, 1.54) is 18.3 Å². The molecule has 152 valence electrons. The zero-order valence-electron chi connectivity index (χ0n) is 15.6. The molecule has 9 heteroatoms. The van der Waals surface area contributed by atoms with E-state index in [2.05, 4.69) is 20.3 Å². The Morgan fingerprint density at radius 3 is 2.53 bits per heavy atom. The fourth-order valence-electron chi connectivity index (χ4n) is 3.04. The van der Waals surface area contributed by atoms with Crippen molar-refractivity contribution in [3.63, 3.8) is 0 Å². The van der Waals surface area contributed by atoms with Crippen molar-refractivity contribution in [1.82, 2.24) is 15.0 Å². The summed E-state index contributed by atoms with van der Waals surface area (Å²) in [6.45, 7) is 0. The topological polar surface area (TPSA) is 79.9 Å². The summed E-state index contributed by atoms with van der Waals surface area (Å²) in [6.07, 6.45) is -2.96. The zero-order valence-corrected chi connectivity index (χ0v) is 15.6. The molecule has 2 N–H and O–H groups in total. The quantitative estimate of drug-likeness (QED) is 0.505. The summed E-state index contributed by atoms with van der Waals surface area (Å²) in [6, 6.07) is 13.5. The lowest BCUT2D eigenvalue weighted by molar-refractivity contribution is -0.137. The summed E-state index contributed by atoms with van der Waals surface area (Å²) < 4.78 is 43.9. The molecule has 0 amide bonds. The predicted molar refractivity (Wildman–Crippen MR) is 107 cm³/mol. The maximum atomic E-state index is 12.9. The number of anilines is 2. The maximum Gasteiger partial charge on any atom is 0.416 e. The Labute approximate surface area is 168 Å². The molecule has 0 radical (unpaired) electrons. The molecule has 0 saturated carbocycles. The second-order valence-electron chi connectivity index (χ2n) is 6.40. The van der Waals surface area contributed by atoms with Gasteiger partial charge in [-0.1, -0.05) is 18.2 Å². The largest absolute Gasteiger partial charge is 0.497 e. The van der Waals surface area contributed by atoms with E-state index < -0.39 is 17.3 Å². The molecule has 0 aliphatic heterocycles. The number of fused-ring (bicyclic) bond motifs is 1. The Kier molecular flexibility index (Phi) is 4.86. The summed E-state index contributed by atoms with van der Waals surface area (Å²) in [5.74, 6) is 0.669. The van der Waals surface area contributed by atoms with Gasteiger partial charge in [-0.25, -0.2) is 4.98 Å². The predicted octanol–water partition coefficient (Wildman–Crippen LogP) is 4.76. The van der Waals surface area contributed by atoms with Crippen LogP contribution in [-0.4, -0.2) is 22.1 Å². The molecular formula is C21H15F3N4O2. The monoisotopic (exact) mass is 412 g/mol. The zero-order chi connectivity index (χ0) is 21.3. The van der Waals surface area contributed by atoms with E-state index >= 15 is 0 Å². The molecule has 2 aromatic carbocycles. The fraction of sp³-hybridized carbons (Fsp3) is 0.0952. The van der Waals surface area contributed by atoms with Crippen molar-refractivity contribution in [2.24, 2.45) is 0 Å². The normalized spacial score (nSPS) is 11.5. The van der Waals surface area contributed by atoms with E-state index in [0.29, 0.717) is 11.3 Å². The first-order chi connectivity index (χ1) is 14.3. The highest BCUT2D eigenvalue weighted by molar-refractivity contribution is 5.92. The van der Waals surface area contributed by atoms with Crippen LogP contribution < -0.4 is 15.6 Å². The van der Waals surface area contributed by atoms with Crippen LogP contribution in [0.2, 0.25) is 0 Å². The van der Waals surface area contributed by atoms with Gasteiger partial charge in [0.1, 0.15) is 5.75 Å². The van der Waals surface area contributed by atoms with Gasteiger partial charge in [-0.3, -0.25) is 9.78 Å². The Morgan fingerprint density at radius 1 is 1.07 bits per heavy atom. The van der Waals surface area contributed by atoms with Gasteiger partial charge >= 0.3 is 6.18 Å². The summed E-state index contributed by atoms with van der Waals surface area (Å²) >= 11 is 0. The molecule has 0 atom stereocenters. The first-order valence-electron chi connectivity index (χ1n) is 8.83. The molecule has 2 heterocycles. The minimum Gasteiger partial charge on any atom is -0.497 e. The van der Waals surface area contributed by atoms with Gasteiger partial charge in [0.05, 0.1) is 18.1 Å². The number of methoxy groups -OCH3 is 1. The Morgan fingerprint density at radius 2 is 1.83 bits per heavy atom. The van der Waals surface area contributed by atoms with Crippen molar-refractivity contribution in [1.29, 1.82) is 0 Å². The molecule has 0 saturated heterocycles. The van der Waals surface area contributed by atoms with Crippen molar-refractivity contribution < 1.29 is 17.9 Å². The second-order valence-corrected chi connectivity index (χ2v) is 6.40. The van der Waals surface area contributed by atoms with Gasteiger partial charge in [-0.05, 0) is 47.5 Å². The third-order valence-corrected chi connectivity index (χ3v) is 4.46. The highest BCUT2D eigenvalue weighted by Gasteiger charge is 2.30. The maximum absolute atomic E-state index is 12.9. The third-order valence-electron chi connectivity index (χ3n) is 4.46. The molecular weight excluding hydrogens is 397 g/mol. The lowest BCUT2D eigenvalue weighted by Gasteiger charge is -2.11. The first-order valence-corrected chi connectivity index (χ1v) is 8.83. The van der Waals surface area contributed by atoms with Crippen LogP contribution in [0, 0.1) is 0 Å². The van der Waals surface area contributed by atoms with Crippen molar-refractivity contribution >= 4 is 22.7 Å². The van der Waals surface area contributed by atoms with Crippen molar-refractivity contribution in [3.8, 4) is 16.9 Å². The number of ether oxygens (including phenoxy) is 1. The lowest BCUT2D eigenvalue weighted by Crippen LogP contribution is -2.13. The van der Waals surface area contributed by atoms with Crippen LogP contribution in [0.5, 0.6) is 5.75 Å². The summed E-state index contributed by atoms with van der Waals surface area (Å²) in [7, 11) is 1.56. The number of nitrogens with zero attached hydrogens (tertiary/aromatic N) is 2.